The lowest BCUT2D eigenvalue weighted by molar-refractivity contribution is -0.137. The summed E-state index contributed by atoms with van der Waals surface area (Å²) in [7, 11) is 0. The topological polar surface area (TPSA) is 0 Å². The molecule has 0 saturated carbocycles. The number of hydrogen-bond acceptors (Lipinski definition) is 0. The highest BCUT2D eigenvalue weighted by Crippen LogP contribution is 2.36. The van der Waals surface area contributed by atoms with Gasteiger partial charge < -0.3 is 0 Å². The van der Waals surface area contributed by atoms with Gasteiger partial charge in [0.05, 0.1) is 5.56 Å². The lowest BCUT2D eigenvalue weighted by Gasteiger charge is -2.12. The molecule has 0 N–H and O–H groups in total. The Kier molecular flexibility index (Phi) is 3.11. The molecule has 2 rings (SSSR count). The summed E-state index contributed by atoms with van der Waals surface area (Å²) in [4.78, 5) is 0. The number of hydrogen-bond donors (Lipinski definition) is 0. The van der Waals surface area contributed by atoms with E-state index in [0.29, 0.717) is 10.6 Å². The molecule has 0 unspecified atom stereocenters. The fourth-order valence-electron chi connectivity index (χ4n) is 1.57. The molecule has 2 aromatic rings. The Morgan fingerprint density at radius 2 is 1.82 bits per heavy atom. The average molecular weight is 256 g/mol. The molecule has 0 aliphatic heterocycles. The number of alkyl halides is 3. The van der Waals surface area contributed by atoms with Gasteiger partial charge >= 0.3 is 6.18 Å². The minimum atomic E-state index is -4.42. The highest BCUT2D eigenvalue weighted by atomic mass is 35.5. The molecule has 0 aromatic heterocycles. The molecule has 0 amide bonds. The van der Waals surface area contributed by atoms with Crippen molar-refractivity contribution in [2.45, 2.75) is 6.18 Å². The van der Waals surface area contributed by atoms with Crippen molar-refractivity contribution in [2.75, 3.05) is 0 Å². The van der Waals surface area contributed by atoms with E-state index in [4.69, 9.17) is 11.6 Å². The van der Waals surface area contributed by atoms with E-state index in [0.717, 1.165) is 0 Å². The summed E-state index contributed by atoms with van der Waals surface area (Å²) >= 11 is 5.77. The third-order valence-electron chi connectivity index (χ3n) is 2.28. The van der Waals surface area contributed by atoms with Crippen LogP contribution in [0, 0.1) is 6.07 Å². The molecule has 4 heteroatoms. The van der Waals surface area contributed by atoms with Crippen LogP contribution in [0.5, 0.6) is 0 Å². The van der Waals surface area contributed by atoms with Crippen molar-refractivity contribution in [1.82, 2.24) is 0 Å². The highest BCUT2D eigenvalue weighted by Gasteiger charge is 2.33. The summed E-state index contributed by atoms with van der Waals surface area (Å²) in [5.74, 6) is 0. The molecule has 0 aliphatic carbocycles. The first-order valence-electron chi connectivity index (χ1n) is 4.82. The Hall–Kier alpha value is -1.48. The van der Waals surface area contributed by atoms with Gasteiger partial charge in [0.2, 0.25) is 0 Å². The van der Waals surface area contributed by atoms with Gasteiger partial charge in [0.25, 0.3) is 0 Å². The maximum absolute atomic E-state index is 12.8. The minimum absolute atomic E-state index is 0.0856. The molecule has 87 valence electrons. The van der Waals surface area contributed by atoms with Crippen LogP contribution in [0.25, 0.3) is 11.1 Å². The van der Waals surface area contributed by atoms with Crippen LogP contribution < -0.4 is 0 Å². The predicted molar refractivity (Wildman–Crippen MR) is 60.7 cm³/mol. The summed E-state index contributed by atoms with van der Waals surface area (Å²) in [5, 5.41) is 0.402. The lowest BCUT2D eigenvalue weighted by Crippen LogP contribution is -2.07. The van der Waals surface area contributed by atoms with Crippen molar-refractivity contribution in [1.29, 1.82) is 0 Å². The van der Waals surface area contributed by atoms with Crippen molar-refractivity contribution < 1.29 is 13.2 Å². The van der Waals surface area contributed by atoms with E-state index in [2.05, 4.69) is 6.07 Å². The molecule has 0 aliphatic rings. The van der Waals surface area contributed by atoms with Gasteiger partial charge in [-0.25, -0.2) is 0 Å². The van der Waals surface area contributed by atoms with Gasteiger partial charge in [0.15, 0.2) is 0 Å². The van der Waals surface area contributed by atoms with Crippen molar-refractivity contribution in [3.8, 4) is 11.1 Å². The van der Waals surface area contributed by atoms with Gasteiger partial charge in [-0.3, -0.25) is 0 Å². The highest BCUT2D eigenvalue weighted by molar-refractivity contribution is 6.30. The summed E-state index contributed by atoms with van der Waals surface area (Å²) in [6.45, 7) is 0. The van der Waals surface area contributed by atoms with Crippen LogP contribution in [-0.4, -0.2) is 0 Å². The smallest absolute Gasteiger partial charge is 0.166 e. The van der Waals surface area contributed by atoms with Crippen LogP contribution in [0.3, 0.4) is 0 Å². The Balaban J connectivity index is 2.60. The minimum Gasteiger partial charge on any atom is -0.166 e. The summed E-state index contributed by atoms with van der Waals surface area (Å²) in [6, 6.07) is 12.7. The first kappa shape index (κ1) is 12.0. The van der Waals surface area contributed by atoms with Gasteiger partial charge in [-0.2, -0.15) is 13.2 Å². The molecule has 1 radical (unpaired) electrons. The van der Waals surface area contributed by atoms with Crippen LogP contribution in [0.1, 0.15) is 5.56 Å². The molecule has 0 atom stereocenters. The van der Waals surface area contributed by atoms with Gasteiger partial charge in [-0.15, -0.1) is 0 Å². The van der Waals surface area contributed by atoms with E-state index in [1.165, 1.54) is 24.3 Å². The van der Waals surface area contributed by atoms with E-state index in [1.54, 1.807) is 18.2 Å². The first-order chi connectivity index (χ1) is 7.98. The zero-order valence-electron chi connectivity index (χ0n) is 8.55. The maximum atomic E-state index is 12.8. The first-order valence-corrected chi connectivity index (χ1v) is 5.20. The Labute approximate surface area is 102 Å². The van der Waals surface area contributed by atoms with Gasteiger partial charge in [0, 0.05) is 5.02 Å². The van der Waals surface area contributed by atoms with Crippen LogP contribution in [0.4, 0.5) is 13.2 Å². The molecule has 0 spiro atoms. The van der Waals surface area contributed by atoms with Gasteiger partial charge in [-0.1, -0.05) is 41.9 Å². The van der Waals surface area contributed by atoms with E-state index in [-0.39, 0.29) is 5.56 Å². The Morgan fingerprint density at radius 1 is 1.06 bits per heavy atom. The van der Waals surface area contributed by atoms with E-state index >= 15 is 0 Å². The van der Waals surface area contributed by atoms with Crippen LogP contribution in [0.2, 0.25) is 5.02 Å². The summed E-state index contributed by atoms with van der Waals surface area (Å²) in [6.07, 6.45) is -4.42. The molecule has 0 saturated heterocycles. The monoisotopic (exact) mass is 255 g/mol. The summed E-state index contributed by atoms with van der Waals surface area (Å²) in [5.41, 5.74) is -0.258. The normalized spacial score (nSPS) is 11.5. The molecular formula is C13H7ClF3. The van der Waals surface area contributed by atoms with Crippen molar-refractivity contribution in [3.05, 3.63) is 59.1 Å². The predicted octanol–water partition coefficient (Wildman–Crippen LogP) is 4.83. The molecule has 17 heavy (non-hydrogen) atoms. The third-order valence-corrected chi connectivity index (χ3v) is 2.51. The van der Waals surface area contributed by atoms with E-state index < -0.39 is 11.7 Å². The quantitative estimate of drug-likeness (QED) is 0.685. The van der Waals surface area contributed by atoms with Crippen LogP contribution in [-0.2, 0) is 6.18 Å². The van der Waals surface area contributed by atoms with Crippen LogP contribution >= 0.6 is 11.6 Å². The fraction of sp³-hybridized carbons (Fsp3) is 0.0769. The lowest BCUT2D eigenvalue weighted by atomic mass is 9.99. The average Bonchev–Trinajstić information content (AvgIpc) is 2.28. The van der Waals surface area contributed by atoms with Crippen molar-refractivity contribution >= 4 is 11.6 Å². The SMILES string of the molecule is FC(F)(F)c1[c]cccc1-c1cccc(Cl)c1. The molecular weight excluding hydrogens is 249 g/mol. The largest absolute Gasteiger partial charge is 0.417 e. The van der Waals surface area contributed by atoms with Gasteiger partial charge in [-0.05, 0) is 29.3 Å². The van der Waals surface area contributed by atoms with E-state index in [9.17, 15) is 13.2 Å². The summed E-state index contributed by atoms with van der Waals surface area (Å²) < 4.78 is 38.3. The molecule has 0 nitrogen and oxygen atoms in total. The number of benzene rings is 2. The number of halogens is 4. The molecule has 0 fully saturated rings. The molecule has 2 aromatic carbocycles. The standard InChI is InChI=1S/C13H7ClF3/c14-10-5-3-4-9(8-10)11-6-1-2-7-12(11)13(15,16)17/h1-6,8H. The van der Waals surface area contributed by atoms with E-state index in [1.807, 2.05) is 0 Å². The second kappa shape index (κ2) is 4.41. The zero-order valence-corrected chi connectivity index (χ0v) is 9.31. The third kappa shape index (κ3) is 2.61. The Bertz CT molecular complexity index is 532. The maximum Gasteiger partial charge on any atom is 0.417 e. The zero-order chi connectivity index (χ0) is 12.5. The number of rotatable bonds is 1. The fourth-order valence-corrected chi connectivity index (χ4v) is 1.76. The molecule has 0 heterocycles. The second-order valence-corrected chi connectivity index (χ2v) is 3.90. The Morgan fingerprint density at radius 3 is 2.47 bits per heavy atom. The van der Waals surface area contributed by atoms with Gasteiger partial charge in [0.1, 0.15) is 0 Å². The molecule has 0 bridgehead atoms. The van der Waals surface area contributed by atoms with Crippen LogP contribution in [0.15, 0.2) is 42.5 Å². The second-order valence-electron chi connectivity index (χ2n) is 3.47. The van der Waals surface area contributed by atoms with Crippen molar-refractivity contribution in [2.24, 2.45) is 0 Å². The van der Waals surface area contributed by atoms with Crippen molar-refractivity contribution in [3.63, 3.8) is 0 Å².